The van der Waals surface area contributed by atoms with Gasteiger partial charge >= 0.3 is 0 Å². The van der Waals surface area contributed by atoms with Crippen LogP contribution in [0.4, 0.5) is 0 Å². The second kappa shape index (κ2) is 5.99. The van der Waals surface area contributed by atoms with Crippen LogP contribution >= 0.6 is 0 Å². The molecule has 26 heavy (non-hydrogen) atoms. The highest BCUT2D eigenvalue weighted by molar-refractivity contribution is 5.73. The summed E-state index contributed by atoms with van der Waals surface area (Å²) < 4.78 is 0. The molecule has 3 aromatic carbocycles. The van der Waals surface area contributed by atoms with Gasteiger partial charge in [-0.25, -0.2) is 0 Å². The molecule has 4 rings (SSSR count). The van der Waals surface area contributed by atoms with Crippen LogP contribution in [0.15, 0.2) is 66.7 Å². The monoisotopic (exact) mass is 343 g/mol. The van der Waals surface area contributed by atoms with Crippen molar-refractivity contribution < 1.29 is 5.11 Å². The van der Waals surface area contributed by atoms with Gasteiger partial charge in [-0.15, -0.1) is 10.2 Å². The van der Waals surface area contributed by atoms with Crippen molar-refractivity contribution in [1.82, 2.24) is 15.0 Å². The Labute approximate surface area is 152 Å². The summed E-state index contributed by atoms with van der Waals surface area (Å²) in [6, 6.07) is 21.7. The van der Waals surface area contributed by atoms with Gasteiger partial charge in [0.1, 0.15) is 16.8 Å². The predicted octanol–water partition coefficient (Wildman–Crippen LogP) is 4.76. The fraction of sp³-hybridized carbons (Fsp3) is 0.182. The first kappa shape index (κ1) is 16.3. The average Bonchev–Trinajstić information content (AvgIpc) is 3.05. The van der Waals surface area contributed by atoms with Crippen molar-refractivity contribution in [3.8, 4) is 11.4 Å². The summed E-state index contributed by atoms with van der Waals surface area (Å²) in [6.07, 6.45) is 0. The standard InChI is InChI=1S/C22H21N3O/c1-15-12-16(22(2,3)18-8-4-7-11-21(18)26)14-17(13-15)25-23-19-9-5-6-10-20(19)24-25/h4-14,26H,1-3H3. The summed E-state index contributed by atoms with van der Waals surface area (Å²) in [7, 11) is 0. The van der Waals surface area contributed by atoms with Gasteiger partial charge in [-0.2, -0.15) is 4.80 Å². The number of hydrogen-bond donors (Lipinski definition) is 1. The molecule has 0 atom stereocenters. The number of aryl methyl sites for hydroxylation is 1. The summed E-state index contributed by atoms with van der Waals surface area (Å²) in [5, 5.41) is 19.5. The Hall–Kier alpha value is -3.14. The normalized spacial score (nSPS) is 11.8. The van der Waals surface area contributed by atoms with E-state index in [0.717, 1.165) is 33.4 Å². The molecule has 4 aromatic rings. The Morgan fingerprint density at radius 2 is 1.46 bits per heavy atom. The van der Waals surface area contributed by atoms with Crippen LogP contribution in [0.5, 0.6) is 5.75 Å². The maximum Gasteiger partial charge on any atom is 0.119 e. The Kier molecular flexibility index (Phi) is 3.76. The molecule has 0 aliphatic carbocycles. The minimum atomic E-state index is -0.349. The van der Waals surface area contributed by atoms with Gasteiger partial charge in [-0.1, -0.05) is 50.2 Å². The molecule has 0 fully saturated rings. The van der Waals surface area contributed by atoms with E-state index in [1.54, 1.807) is 10.9 Å². The number of hydrogen-bond acceptors (Lipinski definition) is 3. The van der Waals surface area contributed by atoms with Gasteiger partial charge < -0.3 is 5.11 Å². The minimum Gasteiger partial charge on any atom is -0.508 e. The van der Waals surface area contributed by atoms with Crippen LogP contribution in [0.3, 0.4) is 0 Å². The highest BCUT2D eigenvalue weighted by Gasteiger charge is 2.26. The van der Waals surface area contributed by atoms with E-state index in [-0.39, 0.29) is 5.41 Å². The Morgan fingerprint density at radius 3 is 2.12 bits per heavy atom. The Balaban J connectivity index is 1.85. The third kappa shape index (κ3) is 2.73. The number of nitrogens with zero attached hydrogens (tertiary/aromatic N) is 3. The van der Waals surface area contributed by atoms with E-state index in [4.69, 9.17) is 0 Å². The second-order valence-corrected chi connectivity index (χ2v) is 7.18. The van der Waals surface area contributed by atoms with Crippen LogP contribution in [0.25, 0.3) is 16.7 Å². The maximum atomic E-state index is 10.3. The first-order chi connectivity index (χ1) is 12.4. The third-order valence-corrected chi connectivity index (χ3v) is 4.88. The summed E-state index contributed by atoms with van der Waals surface area (Å²) in [6.45, 7) is 6.30. The molecule has 0 saturated heterocycles. The molecule has 0 radical (unpaired) electrons. The molecule has 1 N–H and O–H groups in total. The number of benzene rings is 3. The van der Waals surface area contributed by atoms with E-state index in [1.807, 2.05) is 42.5 Å². The van der Waals surface area contributed by atoms with Crippen LogP contribution < -0.4 is 0 Å². The number of phenolic OH excluding ortho intramolecular Hbond substituents is 1. The minimum absolute atomic E-state index is 0.309. The van der Waals surface area contributed by atoms with Gasteiger partial charge in [0.25, 0.3) is 0 Å². The molecule has 0 unspecified atom stereocenters. The Bertz CT molecular complexity index is 1060. The summed E-state index contributed by atoms with van der Waals surface area (Å²) >= 11 is 0. The summed E-state index contributed by atoms with van der Waals surface area (Å²) in [5.41, 5.74) is 5.44. The zero-order chi connectivity index (χ0) is 18.3. The largest absolute Gasteiger partial charge is 0.508 e. The van der Waals surface area contributed by atoms with Gasteiger partial charge in [0.15, 0.2) is 0 Å². The third-order valence-electron chi connectivity index (χ3n) is 4.88. The lowest BCUT2D eigenvalue weighted by molar-refractivity contribution is 0.453. The first-order valence-corrected chi connectivity index (χ1v) is 8.68. The molecule has 0 saturated carbocycles. The lowest BCUT2D eigenvalue weighted by Crippen LogP contribution is -2.20. The summed E-state index contributed by atoms with van der Waals surface area (Å²) in [5.74, 6) is 0.309. The predicted molar refractivity (Wildman–Crippen MR) is 104 cm³/mol. The van der Waals surface area contributed by atoms with Crippen LogP contribution in [0.2, 0.25) is 0 Å². The van der Waals surface area contributed by atoms with E-state index in [2.05, 4.69) is 49.2 Å². The maximum absolute atomic E-state index is 10.3. The SMILES string of the molecule is Cc1cc(-n2nc3ccccc3n2)cc(C(C)(C)c2ccccc2O)c1. The lowest BCUT2D eigenvalue weighted by Gasteiger charge is -2.27. The second-order valence-electron chi connectivity index (χ2n) is 7.18. The topological polar surface area (TPSA) is 50.9 Å². The zero-order valence-corrected chi connectivity index (χ0v) is 15.1. The van der Waals surface area contributed by atoms with E-state index in [0.29, 0.717) is 5.75 Å². The van der Waals surface area contributed by atoms with Gasteiger partial charge in [0.05, 0.1) is 5.69 Å². The number of phenols is 1. The molecule has 1 heterocycles. The number of para-hydroxylation sites is 1. The molecule has 0 spiro atoms. The number of rotatable bonds is 3. The molecule has 4 nitrogen and oxygen atoms in total. The molecular formula is C22H21N3O. The van der Waals surface area contributed by atoms with Gasteiger partial charge in [-0.05, 0) is 48.4 Å². The van der Waals surface area contributed by atoms with Crippen LogP contribution in [0, 0.1) is 6.92 Å². The van der Waals surface area contributed by atoms with Crippen LogP contribution in [-0.2, 0) is 5.41 Å². The van der Waals surface area contributed by atoms with Crippen molar-refractivity contribution in [2.45, 2.75) is 26.2 Å². The lowest BCUT2D eigenvalue weighted by atomic mass is 9.77. The molecule has 4 heteroatoms. The van der Waals surface area contributed by atoms with Crippen molar-refractivity contribution in [3.63, 3.8) is 0 Å². The highest BCUT2D eigenvalue weighted by atomic mass is 16.3. The van der Waals surface area contributed by atoms with E-state index in [1.165, 1.54) is 0 Å². The van der Waals surface area contributed by atoms with Crippen molar-refractivity contribution in [2.24, 2.45) is 0 Å². The van der Waals surface area contributed by atoms with Crippen LogP contribution in [-0.4, -0.2) is 20.1 Å². The van der Waals surface area contributed by atoms with Gasteiger partial charge in [0, 0.05) is 11.0 Å². The van der Waals surface area contributed by atoms with E-state index >= 15 is 0 Å². The molecule has 0 aliphatic rings. The van der Waals surface area contributed by atoms with E-state index in [9.17, 15) is 5.11 Å². The van der Waals surface area contributed by atoms with Crippen LogP contribution in [0.1, 0.15) is 30.5 Å². The highest BCUT2D eigenvalue weighted by Crippen LogP contribution is 2.37. The molecular weight excluding hydrogens is 322 g/mol. The number of aromatic hydroxyl groups is 1. The van der Waals surface area contributed by atoms with Crippen molar-refractivity contribution in [3.05, 3.63) is 83.4 Å². The molecule has 1 aromatic heterocycles. The molecule has 130 valence electrons. The fourth-order valence-corrected chi connectivity index (χ4v) is 3.37. The van der Waals surface area contributed by atoms with Crippen molar-refractivity contribution >= 4 is 11.0 Å². The Morgan fingerprint density at radius 1 is 0.846 bits per heavy atom. The molecule has 0 bridgehead atoms. The van der Waals surface area contributed by atoms with Crippen molar-refractivity contribution in [1.29, 1.82) is 0 Å². The first-order valence-electron chi connectivity index (χ1n) is 8.68. The number of aromatic nitrogens is 3. The molecule has 0 aliphatic heterocycles. The summed E-state index contributed by atoms with van der Waals surface area (Å²) in [4.78, 5) is 1.68. The van der Waals surface area contributed by atoms with Gasteiger partial charge in [0.2, 0.25) is 0 Å². The van der Waals surface area contributed by atoms with Gasteiger partial charge in [-0.3, -0.25) is 0 Å². The molecule has 0 amide bonds. The fourth-order valence-electron chi connectivity index (χ4n) is 3.37. The smallest absolute Gasteiger partial charge is 0.119 e. The quantitative estimate of drug-likeness (QED) is 0.583. The average molecular weight is 343 g/mol. The number of fused-ring (bicyclic) bond motifs is 1. The van der Waals surface area contributed by atoms with Crippen molar-refractivity contribution in [2.75, 3.05) is 0 Å². The van der Waals surface area contributed by atoms with E-state index < -0.39 is 0 Å². The zero-order valence-electron chi connectivity index (χ0n) is 15.1.